The molecule has 1 unspecified atom stereocenters. The van der Waals surface area contributed by atoms with Crippen LogP contribution < -0.4 is 11.1 Å². The minimum atomic E-state index is -0.312. The van der Waals surface area contributed by atoms with Crippen molar-refractivity contribution < 1.29 is 4.79 Å². The number of nitrogens with one attached hydrogen (secondary N) is 1. The number of nitrogens with two attached hydrogens (primary N) is 1. The van der Waals surface area contributed by atoms with Gasteiger partial charge in [-0.1, -0.05) is 6.92 Å². The maximum Gasteiger partial charge on any atom is 0.244 e. The van der Waals surface area contributed by atoms with E-state index < -0.39 is 0 Å². The number of nitrogen functional groups attached to an aromatic ring is 1. The van der Waals surface area contributed by atoms with Crippen LogP contribution in [-0.4, -0.2) is 22.2 Å². The summed E-state index contributed by atoms with van der Waals surface area (Å²) in [7, 11) is 0. The molecule has 0 aliphatic heterocycles. The quantitative estimate of drug-likeness (QED) is 0.774. The molecule has 3 N–H and O–H groups in total. The molecule has 1 aromatic heterocycles. The molecule has 15 heavy (non-hydrogen) atoms. The van der Waals surface area contributed by atoms with Crippen LogP contribution in [0.3, 0.4) is 0 Å². The second-order valence-electron chi connectivity index (χ2n) is 3.64. The fourth-order valence-corrected chi connectivity index (χ4v) is 1.21. The first-order valence-corrected chi connectivity index (χ1v) is 5.15. The number of aromatic nitrogens is 2. The normalized spacial score (nSPS) is 12.5. The van der Waals surface area contributed by atoms with Gasteiger partial charge in [-0.05, 0) is 20.3 Å². The lowest BCUT2D eigenvalue weighted by molar-refractivity contribution is -0.124. The van der Waals surface area contributed by atoms with Crippen LogP contribution in [0, 0.1) is 6.92 Å². The summed E-state index contributed by atoms with van der Waals surface area (Å²) < 4.78 is 1.59. The number of carbonyl (C=O) groups is 1. The number of hydrogen-bond acceptors (Lipinski definition) is 3. The van der Waals surface area contributed by atoms with Crippen molar-refractivity contribution in [3.05, 3.63) is 11.8 Å². The maximum absolute atomic E-state index is 11.6. The summed E-state index contributed by atoms with van der Waals surface area (Å²) in [5, 5.41) is 6.89. The molecule has 0 saturated heterocycles. The zero-order chi connectivity index (χ0) is 11.4. The second-order valence-corrected chi connectivity index (χ2v) is 3.64. The lowest BCUT2D eigenvalue weighted by Gasteiger charge is -2.11. The summed E-state index contributed by atoms with van der Waals surface area (Å²) in [4.78, 5) is 11.6. The van der Waals surface area contributed by atoms with Crippen molar-refractivity contribution in [2.75, 3.05) is 12.3 Å². The molecule has 1 rings (SSSR count). The Labute approximate surface area is 89.6 Å². The minimum absolute atomic E-state index is 0.0284. The van der Waals surface area contributed by atoms with Crippen LogP contribution in [0.15, 0.2) is 6.20 Å². The van der Waals surface area contributed by atoms with Crippen molar-refractivity contribution in [1.29, 1.82) is 0 Å². The van der Waals surface area contributed by atoms with Crippen LogP contribution >= 0.6 is 0 Å². The first-order chi connectivity index (χ1) is 7.06. The monoisotopic (exact) mass is 210 g/mol. The first kappa shape index (κ1) is 11.6. The number of aryl methyl sites for hydroxylation is 1. The van der Waals surface area contributed by atoms with Crippen molar-refractivity contribution in [3.8, 4) is 0 Å². The Bertz CT molecular complexity index is 326. The molecule has 84 valence electrons. The molecule has 0 aliphatic rings. The van der Waals surface area contributed by atoms with Gasteiger partial charge in [0.05, 0.1) is 0 Å². The molecule has 0 spiro atoms. The molecule has 1 aromatic rings. The van der Waals surface area contributed by atoms with Crippen LogP contribution in [-0.2, 0) is 4.79 Å². The average Bonchev–Trinajstić information content (AvgIpc) is 2.54. The summed E-state index contributed by atoms with van der Waals surface area (Å²) in [5.41, 5.74) is 6.51. The highest BCUT2D eigenvalue weighted by Crippen LogP contribution is 2.11. The van der Waals surface area contributed by atoms with Crippen LogP contribution in [0.4, 0.5) is 5.82 Å². The Kier molecular flexibility index (Phi) is 3.71. The summed E-state index contributed by atoms with van der Waals surface area (Å²) in [5.74, 6) is 0.449. The van der Waals surface area contributed by atoms with Gasteiger partial charge in [0.15, 0.2) is 0 Å². The van der Waals surface area contributed by atoms with Gasteiger partial charge in [-0.3, -0.25) is 9.48 Å². The molecule has 0 radical (unpaired) electrons. The van der Waals surface area contributed by atoms with Crippen molar-refractivity contribution >= 4 is 11.7 Å². The van der Waals surface area contributed by atoms with Gasteiger partial charge >= 0.3 is 0 Å². The molecule has 0 bridgehead atoms. The van der Waals surface area contributed by atoms with Crippen LogP contribution in [0.2, 0.25) is 0 Å². The molecule has 1 amide bonds. The number of hydrogen-bond donors (Lipinski definition) is 2. The Morgan fingerprint density at radius 1 is 1.73 bits per heavy atom. The minimum Gasteiger partial charge on any atom is -0.382 e. The molecule has 1 atom stereocenters. The van der Waals surface area contributed by atoms with Gasteiger partial charge in [-0.2, -0.15) is 5.10 Å². The summed E-state index contributed by atoms with van der Waals surface area (Å²) >= 11 is 0. The molecule has 0 saturated carbocycles. The SMILES string of the molecule is CCCNC(=O)C(C)n1cc(C)c(N)n1. The fourth-order valence-electron chi connectivity index (χ4n) is 1.21. The van der Waals surface area contributed by atoms with Crippen LogP contribution in [0.5, 0.6) is 0 Å². The van der Waals surface area contributed by atoms with Crippen molar-refractivity contribution in [2.45, 2.75) is 33.2 Å². The Hall–Kier alpha value is -1.52. The van der Waals surface area contributed by atoms with E-state index >= 15 is 0 Å². The topological polar surface area (TPSA) is 72.9 Å². The van der Waals surface area contributed by atoms with E-state index in [2.05, 4.69) is 10.4 Å². The molecule has 0 fully saturated rings. The van der Waals surface area contributed by atoms with Crippen molar-refractivity contribution in [2.24, 2.45) is 0 Å². The predicted octanol–water partition coefficient (Wildman–Crippen LogP) is 0.861. The van der Waals surface area contributed by atoms with E-state index in [4.69, 9.17) is 5.73 Å². The largest absolute Gasteiger partial charge is 0.382 e. The van der Waals surface area contributed by atoms with E-state index in [0.29, 0.717) is 12.4 Å². The molecular formula is C10H18N4O. The third kappa shape index (κ3) is 2.71. The highest BCUT2D eigenvalue weighted by molar-refractivity contribution is 5.79. The van der Waals surface area contributed by atoms with E-state index in [-0.39, 0.29) is 11.9 Å². The Morgan fingerprint density at radius 3 is 2.87 bits per heavy atom. The number of amides is 1. The second kappa shape index (κ2) is 4.82. The molecule has 5 heteroatoms. The number of rotatable bonds is 4. The predicted molar refractivity (Wildman–Crippen MR) is 59.4 cm³/mol. The van der Waals surface area contributed by atoms with Gasteiger partial charge in [0.2, 0.25) is 5.91 Å². The fraction of sp³-hybridized carbons (Fsp3) is 0.600. The number of anilines is 1. The smallest absolute Gasteiger partial charge is 0.244 e. The van der Waals surface area contributed by atoms with Crippen molar-refractivity contribution in [3.63, 3.8) is 0 Å². The summed E-state index contributed by atoms with van der Waals surface area (Å²) in [6, 6.07) is -0.312. The van der Waals surface area contributed by atoms with Crippen LogP contribution in [0.1, 0.15) is 31.9 Å². The van der Waals surface area contributed by atoms with E-state index in [1.807, 2.05) is 13.8 Å². The van der Waals surface area contributed by atoms with Gasteiger partial charge in [0, 0.05) is 18.3 Å². The zero-order valence-electron chi connectivity index (χ0n) is 9.45. The molecule has 1 heterocycles. The lowest BCUT2D eigenvalue weighted by atomic mass is 10.3. The lowest BCUT2D eigenvalue weighted by Crippen LogP contribution is -2.31. The van der Waals surface area contributed by atoms with E-state index in [0.717, 1.165) is 12.0 Å². The van der Waals surface area contributed by atoms with E-state index in [1.165, 1.54) is 0 Å². The van der Waals surface area contributed by atoms with Crippen LogP contribution in [0.25, 0.3) is 0 Å². The number of nitrogens with zero attached hydrogens (tertiary/aromatic N) is 2. The third-order valence-electron chi connectivity index (χ3n) is 2.28. The molecular weight excluding hydrogens is 192 g/mol. The highest BCUT2D eigenvalue weighted by Gasteiger charge is 2.15. The third-order valence-corrected chi connectivity index (χ3v) is 2.28. The van der Waals surface area contributed by atoms with Gasteiger partial charge in [-0.15, -0.1) is 0 Å². The van der Waals surface area contributed by atoms with Gasteiger partial charge in [-0.25, -0.2) is 0 Å². The Morgan fingerprint density at radius 2 is 2.40 bits per heavy atom. The molecule has 5 nitrogen and oxygen atoms in total. The molecule has 0 aromatic carbocycles. The van der Waals surface area contributed by atoms with Gasteiger partial charge < -0.3 is 11.1 Å². The molecule has 0 aliphatic carbocycles. The number of carbonyl (C=O) groups excluding carboxylic acids is 1. The summed E-state index contributed by atoms with van der Waals surface area (Å²) in [6.07, 6.45) is 2.71. The van der Waals surface area contributed by atoms with E-state index in [9.17, 15) is 4.79 Å². The Balaban J connectivity index is 2.67. The summed E-state index contributed by atoms with van der Waals surface area (Å²) in [6.45, 7) is 6.38. The zero-order valence-corrected chi connectivity index (χ0v) is 9.45. The average molecular weight is 210 g/mol. The standard InChI is InChI=1S/C10H18N4O/c1-4-5-12-10(15)8(3)14-6-7(2)9(11)13-14/h6,8H,4-5H2,1-3H3,(H2,11,13)(H,12,15). The van der Waals surface area contributed by atoms with Gasteiger partial charge in [0.25, 0.3) is 0 Å². The maximum atomic E-state index is 11.6. The van der Waals surface area contributed by atoms with Crippen molar-refractivity contribution in [1.82, 2.24) is 15.1 Å². The first-order valence-electron chi connectivity index (χ1n) is 5.15. The van der Waals surface area contributed by atoms with E-state index in [1.54, 1.807) is 17.8 Å². The van der Waals surface area contributed by atoms with Gasteiger partial charge in [0.1, 0.15) is 11.9 Å². The highest BCUT2D eigenvalue weighted by atomic mass is 16.2.